The minimum atomic E-state index is -3.72. The Hall–Kier alpha value is -2.33. The minimum absolute atomic E-state index is 0.0507. The standard InChI is InChI=1S/C10H8N4O2S/c11-5-8-3-1-2-4-9(8)14-17(15,16)10-6-12-7-13-10/h1-4,6-7,14H,(H,12,13). The van der Waals surface area contributed by atoms with E-state index in [9.17, 15) is 8.42 Å². The zero-order valence-electron chi connectivity index (χ0n) is 8.58. The van der Waals surface area contributed by atoms with E-state index in [1.54, 1.807) is 12.1 Å². The highest BCUT2D eigenvalue weighted by atomic mass is 32.2. The van der Waals surface area contributed by atoms with Gasteiger partial charge < -0.3 is 4.98 Å². The molecule has 2 N–H and O–H groups in total. The lowest BCUT2D eigenvalue weighted by atomic mass is 10.2. The Bertz CT molecular complexity index is 656. The molecule has 0 saturated carbocycles. The SMILES string of the molecule is N#Cc1ccccc1NS(=O)(=O)c1cnc[nH]1. The molecule has 0 amide bonds. The van der Waals surface area contributed by atoms with Gasteiger partial charge in [0.2, 0.25) is 0 Å². The summed E-state index contributed by atoms with van der Waals surface area (Å²) in [7, 11) is -3.72. The molecule has 0 aliphatic carbocycles. The molecule has 0 saturated heterocycles. The molecule has 0 aliphatic rings. The van der Waals surface area contributed by atoms with Gasteiger partial charge in [-0.05, 0) is 12.1 Å². The van der Waals surface area contributed by atoms with Crippen molar-refractivity contribution >= 4 is 15.7 Å². The molecule has 6 nitrogen and oxygen atoms in total. The maximum absolute atomic E-state index is 11.8. The molecule has 17 heavy (non-hydrogen) atoms. The van der Waals surface area contributed by atoms with Crippen LogP contribution in [0.15, 0.2) is 41.8 Å². The largest absolute Gasteiger partial charge is 0.334 e. The van der Waals surface area contributed by atoms with Gasteiger partial charge >= 0.3 is 0 Å². The number of aromatic nitrogens is 2. The van der Waals surface area contributed by atoms with E-state index < -0.39 is 10.0 Å². The van der Waals surface area contributed by atoms with E-state index in [-0.39, 0.29) is 16.3 Å². The van der Waals surface area contributed by atoms with Crippen LogP contribution in [0, 0.1) is 11.3 Å². The number of nitriles is 1. The Morgan fingerprint density at radius 1 is 1.35 bits per heavy atom. The van der Waals surface area contributed by atoms with E-state index in [0.29, 0.717) is 0 Å². The van der Waals surface area contributed by atoms with Crippen molar-refractivity contribution < 1.29 is 8.42 Å². The molecule has 1 aromatic heterocycles. The van der Waals surface area contributed by atoms with E-state index in [4.69, 9.17) is 5.26 Å². The Labute approximate surface area is 98.0 Å². The number of H-pyrrole nitrogens is 1. The maximum Gasteiger partial charge on any atom is 0.279 e. The Kier molecular flexibility index (Phi) is 2.80. The van der Waals surface area contributed by atoms with Crippen molar-refractivity contribution in [2.75, 3.05) is 4.72 Å². The molecule has 0 spiro atoms. The number of hydrogen-bond donors (Lipinski definition) is 2. The molecule has 0 fully saturated rings. The van der Waals surface area contributed by atoms with Crippen molar-refractivity contribution in [1.29, 1.82) is 5.26 Å². The predicted molar refractivity (Wildman–Crippen MR) is 60.6 cm³/mol. The average molecular weight is 248 g/mol. The highest BCUT2D eigenvalue weighted by Crippen LogP contribution is 2.17. The first kappa shape index (κ1) is 11.2. The molecule has 86 valence electrons. The lowest BCUT2D eigenvalue weighted by Crippen LogP contribution is -2.14. The predicted octanol–water partition coefficient (Wildman–Crippen LogP) is 1.08. The van der Waals surface area contributed by atoms with Gasteiger partial charge in [0, 0.05) is 0 Å². The number of sulfonamides is 1. The number of para-hydroxylation sites is 1. The van der Waals surface area contributed by atoms with Crippen LogP contribution < -0.4 is 4.72 Å². The summed E-state index contributed by atoms with van der Waals surface area (Å²) in [6.07, 6.45) is 2.46. The Balaban J connectivity index is 2.37. The highest BCUT2D eigenvalue weighted by Gasteiger charge is 2.16. The molecule has 0 unspecified atom stereocenters. The van der Waals surface area contributed by atoms with Crippen LogP contribution in [0.3, 0.4) is 0 Å². The number of aromatic amines is 1. The summed E-state index contributed by atoms with van der Waals surface area (Å²) in [5, 5.41) is 8.79. The number of hydrogen-bond acceptors (Lipinski definition) is 4. The van der Waals surface area contributed by atoms with Crippen LogP contribution in [0.2, 0.25) is 0 Å². The second kappa shape index (κ2) is 4.27. The fourth-order valence-corrected chi connectivity index (χ4v) is 2.24. The summed E-state index contributed by atoms with van der Waals surface area (Å²) >= 11 is 0. The fraction of sp³-hybridized carbons (Fsp3) is 0. The van der Waals surface area contributed by atoms with Crippen molar-refractivity contribution in [3.8, 4) is 6.07 Å². The smallest absolute Gasteiger partial charge is 0.279 e. The van der Waals surface area contributed by atoms with E-state index in [1.165, 1.54) is 24.7 Å². The Morgan fingerprint density at radius 3 is 2.76 bits per heavy atom. The van der Waals surface area contributed by atoms with Gasteiger partial charge in [-0.25, -0.2) is 4.98 Å². The first-order valence-electron chi connectivity index (χ1n) is 4.64. The van der Waals surface area contributed by atoms with Crippen LogP contribution in [-0.2, 0) is 10.0 Å². The summed E-state index contributed by atoms with van der Waals surface area (Å²) in [5.74, 6) is 0. The molecule has 0 atom stereocenters. The topological polar surface area (TPSA) is 98.6 Å². The normalized spacial score (nSPS) is 10.8. The highest BCUT2D eigenvalue weighted by molar-refractivity contribution is 7.92. The van der Waals surface area contributed by atoms with Gasteiger partial charge in [0.25, 0.3) is 10.0 Å². The monoisotopic (exact) mass is 248 g/mol. The van der Waals surface area contributed by atoms with Gasteiger partial charge in [0.1, 0.15) is 6.07 Å². The summed E-state index contributed by atoms with van der Waals surface area (Å²) < 4.78 is 26.0. The van der Waals surface area contributed by atoms with Crippen molar-refractivity contribution in [1.82, 2.24) is 9.97 Å². The van der Waals surface area contributed by atoms with Crippen LogP contribution in [0.25, 0.3) is 0 Å². The molecule has 0 radical (unpaired) electrons. The van der Waals surface area contributed by atoms with Gasteiger partial charge in [0.15, 0.2) is 5.03 Å². The number of benzene rings is 1. The van der Waals surface area contributed by atoms with E-state index >= 15 is 0 Å². The molecule has 0 bridgehead atoms. The summed E-state index contributed by atoms with van der Waals surface area (Å²) in [5.41, 5.74) is 0.500. The lowest BCUT2D eigenvalue weighted by Gasteiger charge is -2.06. The molecule has 0 aliphatic heterocycles. The number of anilines is 1. The van der Waals surface area contributed by atoms with Gasteiger partial charge in [-0.2, -0.15) is 13.7 Å². The third kappa shape index (κ3) is 2.26. The maximum atomic E-state index is 11.8. The average Bonchev–Trinajstić information content (AvgIpc) is 2.83. The van der Waals surface area contributed by atoms with Crippen molar-refractivity contribution in [3.63, 3.8) is 0 Å². The minimum Gasteiger partial charge on any atom is -0.334 e. The summed E-state index contributed by atoms with van der Waals surface area (Å²) in [6.45, 7) is 0. The van der Waals surface area contributed by atoms with Crippen LogP contribution >= 0.6 is 0 Å². The van der Waals surface area contributed by atoms with Gasteiger partial charge in [-0.15, -0.1) is 0 Å². The second-order valence-electron chi connectivity index (χ2n) is 3.18. The van der Waals surface area contributed by atoms with Crippen LogP contribution in [0.4, 0.5) is 5.69 Å². The van der Waals surface area contributed by atoms with Crippen LogP contribution in [-0.4, -0.2) is 18.4 Å². The van der Waals surface area contributed by atoms with Crippen molar-refractivity contribution in [3.05, 3.63) is 42.4 Å². The van der Waals surface area contributed by atoms with Crippen LogP contribution in [0.1, 0.15) is 5.56 Å². The Morgan fingerprint density at radius 2 is 2.12 bits per heavy atom. The summed E-state index contributed by atoms with van der Waals surface area (Å²) in [6, 6.07) is 8.27. The molecule has 2 rings (SSSR count). The van der Waals surface area contributed by atoms with Crippen molar-refractivity contribution in [2.24, 2.45) is 0 Å². The zero-order chi connectivity index (χ0) is 12.3. The van der Waals surface area contributed by atoms with E-state index in [2.05, 4.69) is 14.7 Å². The quantitative estimate of drug-likeness (QED) is 0.849. The second-order valence-corrected chi connectivity index (χ2v) is 4.83. The molecular weight excluding hydrogens is 240 g/mol. The summed E-state index contributed by atoms with van der Waals surface area (Å²) in [4.78, 5) is 6.12. The lowest BCUT2D eigenvalue weighted by molar-refractivity contribution is 0.598. The van der Waals surface area contributed by atoms with Gasteiger partial charge in [-0.1, -0.05) is 12.1 Å². The fourth-order valence-electron chi connectivity index (χ4n) is 1.26. The third-order valence-electron chi connectivity index (χ3n) is 2.05. The number of imidazole rings is 1. The van der Waals surface area contributed by atoms with Gasteiger partial charge in [0.05, 0.1) is 23.8 Å². The number of nitrogens with one attached hydrogen (secondary N) is 2. The zero-order valence-corrected chi connectivity index (χ0v) is 9.40. The van der Waals surface area contributed by atoms with Crippen LogP contribution in [0.5, 0.6) is 0 Å². The van der Waals surface area contributed by atoms with E-state index in [0.717, 1.165) is 0 Å². The van der Waals surface area contributed by atoms with Gasteiger partial charge in [-0.3, -0.25) is 4.72 Å². The molecular formula is C10H8N4O2S. The third-order valence-corrected chi connectivity index (χ3v) is 3.35. The molecule has 1 aromatic carbocycles. The van der Waals surface area contributed by atoms with Crippen molar-refractivity contribution in [2.45, 2.75) is 5.03 Å². The first-order valence-corrected chi connectivity index (χ1v) is 6.12. The first-order chi connectivity index (χ1) is 8.13. The molecule has 7 heteroatoms. The number of rotatable bonds is 3. The van der Waals surface area contributed by atoms with E-state index in [1.807, 2.05) is 6.07 Å². The molecule has 1 heterocycles. The number of nitrogens with zero attached hydrogens (tertiary/aromatic N) is 2. The molecule has 2 aromatic rings.